The molecule has 2 heterocycles. The number of benzene rings is 2. The first-order valence-corrected chi connectivity index (χ1v) is 24.8. The average Bonchev–Trinajstić information content (AvgIpc) is 3.20. The van der Waals surface area contributed by atoms with Crippen molar-refractivity contribution in [3.8, 4) is 0 Å². The van der Waals surface area contributed by atoms with Crippen LogP contribution in [0.1, 0.15) is 176 Å². The van der Waals surface area contributed by atoms with E-state index in [1.807, 2.05) is 0 Å². The number of nitrogens with one attached hydrogen (secondary N) is 2. The normalized spacial score (nSPS) is 31.8. The van der Waals surface area contributed by atoms with Gasteiger partial charge in [0, 0.05) is 60.2 Å². The number of unbranched alkanes of at least 4 members (excludes halogenated alkanes) is 5. The van der Waals surface area contributed by atoms with Gasteiger partial charge >= 0.3 is 0 Å². The Bertz CT molecular complexity index is 1670. The van der Waals surface area contributed by atoms with Crippen LogP contribution in [0, 0.1) is 23.7 Å². The van der Waals surface area contributed by atoms with Crippen LogP contribution in [-0.4, -0.2) is 59.9 Å². The van der Waals surface area contributed by atoms with Gasteiger partial charge in [-0.1, -0.05) is 76.3 Å². The van der Waals surface area contributed by atoms with Gasteiger partial charge in [-0.2, -0.15) is 0 Å². The third kappa shape index (κ3) is 7.62. The number of piperidine rings is 2. The highest BCUT2D eigenvalue weighted by molar-refractivity contribution is 5.91. The van der Waals surface area contributed by atoms with Crippen molar-refractivity contribution in [3.05, 3.63) is 58.7 Å². The Kier molecular flexibility index (Phi) is 11.5. The van der Waals surface area contributed by atoms with Crippen molar-refractivity contribution in [1.29, 1.82) is 0 Å². The quantitative estimate of drug-likeness (QED) is 0.177. The number of likely N-dealkylation sites (tertiary alicyclic amines) is 2. The lowest BCUT2D eigenvalue weighted by molar-refractivity contribution is -0.117. The van der Waals surface area contributed by atoms with Crippen LogP contribution in [0.25, 0.3) is 0 Å². The molecule has 0 spiro atoms. The van der Waals surface area contributed by atoms with Crippen LogP contribution in [0.4, 0.5) is 11.4 Å². The highest BCUT2D eigenvalue weighted by atomic mass is 16.2. The van der Waals surface area contributed by atoms with Crippen molar-refractivity contribution in [2.45, 2.75) is 190 Å². The third-order valence-corrected chi connectivity index (χ3v) is 18.0. The number of hydrogen-bond acceptors (Lipinski definition) is 4. The van der Waals surface area contributed by atoms with E-state index < -0.39 is 0 Å². The van der Waals surface area contributed by atoms with Crippen molar-refractivity contribution in [3.63, 3.8) is 0 Å². The number of fused-ring (bicyclic) bond motifs is 2. The van der Waals surface area contributed by atoms with Gasteiger partial charge in [-0.05, 0) is 173 Å². The Balaban J connectivity index is 0.649. The molecular weight excluding hydrogens is 713 g/mol. The second-order valence-corrected chi connectivity index (χ2v) is 21.1. The highest BCUT2D eigenvalue weighted by Crippen LogP contribution is 2.58. The fourth-order valence-electron chi connectivity index (χ4n) is 14.5. The summed E-state index contributed by atoms with van der Waals surface area (Å²) in [5.41, 5.74) is 8.94. The molecule has 8 aliphatic rings. The Labute approximate surface area is 350 Å². The molecule has 0 radical (unpaired) electrons. The van der Waals surface area contributed by atoms with Gasteiger partial charge in [-0.15, -0.1) is 0 Å². The fourth-order valence-corrected chi connectivity index (χ4v) is 14.5. The van der Waals surface area contributed by atoms with Crippen molar-refractivity contribution >= 4 is 23.2 Å². The maximum atomic E-state index is 13.1. The van der Waals surface area contributed by atoms with Crippen LogP contribution in [0.2, 0.25) is 0 Å². The summed E-state index contributed by atoms with van der Waals surface area (Å²) in [6, 6.07) is 15.3. The fraction of sp³-hybridized carbons (Fsp3) is 0.731. The first kappa shape index (κ1) is 39.4. The molecule has 314 valence electrons. The SMILES string of the molecule is O=C(CCCCCCCCC(=O)Nc1ccc2c(c1)[C@@]13CCCC[C@H]1[C@@H](C2)N(CC1CCC1)CC3)Nc1ccc2c(c1)[C@@]13CCCC[C@H]1[C@@H](C2)N(CC1CCC1)CC3. The molecule has 4 saturated carbocycles. The van der Waals surface area contributed by atoms with E-state index in [1.165, 1.54) is 142 Å². The molecule has 58 heavy (non-hydrogen) atoms. The van der Waals surface area contributed by atoms with Crippen molar-refractivity contribution < 1.29 is 9.59 Å². The van der Waals surface area contributed by atoms with Gasteiger partial charge < -0.3 is 10.6 Å². The molecule has 6 heteroatoms. The largest absolute Gasteiger partial charge is 0.326 e. The van der Waals surface area contributed by atoms with Crippen molar-refractivity contribution in [1.82, 2.24) is 9.80 Å². The Morgan fingerprint density at radius 1 is 0.534 bits per heavy atom. The number of amides is 2. The van der Waals surface area contributed by atoms with E-state index in [0.717, 1.165) is 85.7 Å². The molecule has 2 N–H and O–H groups in total. The second kappa shape index (κ2) is 17.0. The minimum absolute atomic E-state index is 0.160. The minimum Gasteiger partial charge on any atom is -0.326 e. The molecule has 6 aliphatic carbocycles. The molecule has 6 nitrogen and oxygen atoms in total. The zero-order valence-corrected chi connectivity index (χ0v) is 35.9. The number of carbonyl (C=O) groups is 2. The number of hydrogen-bond donors (Lipinski definition) is 2. The number of rotatable bonds is 15. The summed E-state index contributed by atoms with van der Waals surface area (Å²) in [6.45, 7) is 5.18. The van der Waals surface area contributed by atoms with E-state index in [1.54, 1.807) is 22.3 Å². The predicted molar refractivity (Wildman–Crippen MR) is 236 cm³/mol. The molecule has 0 unspecified atom stereocenters. The topological polar surface area (TPSA) is 64.7 Å². The Morgan fingerprint density at radius 2 is 0.983 bits per heavy atom. The van der Waals surface area contributed by atoms with E-state index in [9.17, 15) is 9.59 Å². The predicted octanol–water partition coefficient (Wildman–Crippen LogP) is 11.1. The lowest BCUT2D eigenvalue weighted by atomic mass is 9.52. The van der Waals surface area contributed by atoms with E-state index in [0.29, 0.717) is 23.7 Å². The highest BCUT2D eigenvalue weighted by Gasteiger charge is 2.55. The smallest absolute Gasteiger partial charge is 0.224 e. The Hall–Kier alpha value is -2.70. The van der Waals surface area contributed by atoms with Gasteiger partial charge in [-0.25, -0.2) is 0 Å². The van der Waals surface area contributed by atoms with Crippen molar-refractivity contribution in [2.75, 3.05) is 36.8 Å². The summed E-state index contributed by atoms with van der Waals surface area (Å²) in [4.78, 5) is 32.0. The summed E-state index contributed by atoms with van der Waals surface area (Å²) in [5.74, 6) is 3.78. The standard InChI is InChI=1S/C52H74N4O2/c57-49(53-41-23-21-39-31-47-43-17-7-9-25-51(43,45(39)33-41)27-29-55(47)35-37-13-11-14-37)19-5-3-1-2-4-6-20-50(58)54-42-24-22-40-32-48-44-18-8-10-26-52(44,46(40)34-42)28-30-56(48)36-38-15-12-16-38/h21-24,33-34,37-38,43-44,47-48H,1-20,25-32,35-36H2,(H,53,57)(H,54,58)/t43-,44-,47+,48+,51+,52+/m0/s1. The summed E-state index contributed by atoms with van der Waals surface area (Å²) >= 11 is 0. The van der Waals surface area contributed by atoms with Crippen LogP contribution in [0.3, 0.4) is 0 Å². The zero-order valence-electron chi connectivity index (χ0n) is 35.9. The summed E-state index contributed by atoms with van der Waals surface area (Å²) in [7, 11) is 0. The van der Waals surface area contributed by atoms with Crippen molar-refractivity contribution in [2.24, 2.45) is 23.7 Å². The van der Waals surface area contributed by atoms with Gasteiger partial charge in [0.1, 0.15) is 0 Å². The van der Waals surface area contributed by atoms with E-state index in [-0.39, 0.29) is 11.8 Å². The maximum absolute atomic E-state index is 13.1. The first-order chi connectivity index (χ1) is 28.5. The molecule has 4 bridgehead atoms. The van der Waals surface area contributed by atoms with Crippen LogP contribution < -0.4 is 10.6 Å². The second-order valence-electron chi connectivity index (χ2n) is 21.1. The molecule has 10 rings (SSSR count). The third-order valence-electron chi connectivity index (χ3n) is 18.0. The van der Waals surface area contributed by atoms with Crippen LogP contribution >= 0.6 is 0 Å². The molecule has 6 fully saturated rings. The van der Waals surface area contributed by atoms with Gasteiger partial charge in [0.15, 0.2) is 0 Å². The van der Waals surface area contributed by atoms with E-state index in [4.69, 9.17) is 0 Å². The minimum atomic E-state index is 0.160. The van der Waals surface area contributed by atoms with Crippen LogP contribution in [0.5, 0.6) is 0 Å². The van der Waals surface area contributed by atoms with Gasteiger partial charge in [-0.3, -0.25) is 19.4 Å². The lowest BCUT2D eigenvalue weighted by Gasteiger charge is -2.59. The monoisotopic (exact) mass is 787 g/mol. The average molecular weight is 787 g/mol. The lowest BCUT2D eigenvalue weighted by Crippen LogP contribution is -2.61. The number of carbonyl (C=O) groups excluding carboxylic acids is 2. The summed E-state index contributed by atoms with van der Waals surface area (Å²) in [5, 5.41) is 6.62. The number of anilines is 2. The molecule has 6 atom stereocenters. The first-order valence-electron chi connectivity index (χ1n) is 24.8. The molecule has 2 aliphatic heterocycles. The molecule has 2 saturated heterocycles. The van der Waals surface area contributed by atoms with Gasteiger partial charge in [0.25, 0.3) is 0 Å². The molecule has 2 amide bonds. The van der Waals surface area contributed by atoms with Gasteiger partial charge in [0.05, 0.1) is 0 Å². The maximum Gasteiger partial charge on any atom is 0.224 e. The molecule has 0 aromatic heterocycles. The van der Waals surface area contributed by atoms with Gasteiger partial charge in [0.2, 0.25) is 11.8 Å². The number of nitrogens with zero attached hydrogens (tertiary/aromatic N) is 2. The zero-order chi connectivity index (χ0) is 39.1. The summed E-state index contributed by atoms with van der Waals surface area (Å²) in [6.07, 6.45) is 32.0. The Morgan fingerprint density at radius 3 is 1.41 bits per heavy atom. The summed E-state index contributed by atoms with van der Waals surface area (Å²) < 4.78 is 0. The van der Waals surface area contributed by atoms with Crippen LogP contribution in [-0.2, 0) is 33.3 Å². The molecular formula is C52H74N4O2. The van der Waals surface area contributed by atoms with E-state index >= 15 is 0 Å². The van der Waals surface area contributed by atoms with E-state index in [2.05, 4.69) is 56.8 Å². The molecule has 2 aromatic rings. The molecule has 2 aromatic carbocycles. The van der Waals surface area contributed by atoms with Crippen LogP contribution in [0.15, 0.2) is 36.4 Å².